The Labute approximate surface area is 111 Å². The Hall–Kier alpha value is -1.82. The van der Waals surface area contributed by atoms with Gasteiger partial charge in [-0.1, -0.05) is 0 Å². The summed E-state index contributed by atoms with van der Waals surface area (Å²) in [5.74, 6) is 0.202. The van der Waals surface area contributed by atoms with Gasteiger partial charge >= 0.3 is 5.97 Å². The number of carbonyl (C=O) groups is 1. The van der Waals surface area contributed by atoms with Crippen molar-refractivity contribution >= 4 is 11.7 Å². The molecule has 2 N–H and O–H groups in total. The first-order valence-corrected chi connectivity index (χ1v) is 6.25. The lowest BCUT2D eigenvalue weighted by Crippen LogP contribution is -2.22. The van der Waals surface area contributed by atoms with Crippen LogP contribution in [0.1, 0.15) is 23.2 Å². The van der Waals surface area contributed by atoms with E-state index in [9.17, 15) is 4.79 Å². The quantitative estimate of drug-likeness (QED) is 0.826. The van der Waals surface area contributed by atoms with Gasteiger partial charge in [0.25, 0.3) is 0 Å². The summed E-state index contributed by atoms with van der Waals surface area (Å²) >= 11 is 0. The van der Waals surface area contributed by atoms with Gasteiger partial charge in [-0.3, -0.25) is 0 Å². The minimum absolute atomic E-state index is 0.259. The van der Waals surface area contributed by atoms with Crippen LogP contribution in [0.2, 0.25) is 0 Å². The highest BCUT2D eigenvalue weighted by Crippen LogP contribution is 2.21. The Balaban J connectivity index is 2.04. The lowest BCUT2D eigenvalue weighted by atomic mass is 10.0. The van der Waals surface area contributed by atoms with Crippen LogP contribution >= 0.6 is 0 Å². The zero-order chi connectivity index (χ0) is 13.7. The molecular weight excluding hydrogens is 248 g/mol. The number of hydrogen-bond acceptors (Lipinski definition) is 6. The predicted molar refractivity (Wildman–Crippen MR) is 69.0 cm³/mol. The number of aromatic nitrogens is 1. The van der Waals surface area contributed by atoms with E-state index in [1.807, 2.05) is 0 Å². The van der Waals surface area contributed by atoms with Crippen LogP contribution in [-0.2, 0) is 9.47 Å². The number of rotatable bonds is 4. The van der Waals surface area contributed by atoms with E-state index in [0.29, 0.717) is 18.2 Å². The highest BCUT2D eigenvalue weighted by atomic mass is 16.5. The van der Waals surface area contributed by atoms with Gasteiger partial charge in [0, 0.05) is 13.2 Å². The standard InChI is InChI=1S/C13H18N2O4/c1-17-13(16)11-6-10(14)7-15-12(11)19-8-9-2-4-18-5-3-9/h6-7,9H,2-5,8,14H2,1H3. The van der Waals surface area contributed by atoms with Crippen LogP contribution in [0, 0.1) is 5.92 Å². The summed E-state index contributed by atoms with van der Waals surface area (Å²) in [6.45, 7) is 2.03. The summed E-state index contributed by atoms with van der Waals surface area (Å²) in [5.41, 5.74) is 6.28. The summed E-state index contributed by atoms with van der Waals surface area (Å²) in [4.78, 5) is 15.7. The molecule has 0 bridgehead atoms. The average Bonchev–Trinajstić information content (AvgIpc) is 2.46. The predicted octanol–water partition coefficient (Wildman–Crippen LogP) is 1.26. The van der Waals surface area contributed by atoms with E-state index in [2.05, 4.69) is 9.72 Å². The van der Waals surface area contributed by atoms with E-state index in [4.69, 9.17) is 15.2 Å². The molecule has 0 aromatic carbocycles. The third kappa shape index (κ3) is 3.57. The Kier molecular flexibility index (Phi) is 4.57. The van der Waals surface area contributed by atoms with Gasteiger partial charge in [-0.2, -0.15) is 0 Å². The second kappa shape index (κ2) is 6.38. The lowest BCUT2D eigenvalue weighted by molar-refractivity contribution is 0.0475. The number of carbonyl (C=O) groups excluding carboxylic acids is 1. The van der Waals surface area contributed by atoms with Gasteiger partial charge in [0.05, 0.1) is 25.6 Å². The summed E-state index contributed by atoms with van der Waals surface area (Å²) in [7, 11) is 1.31. The number of ether oxygens (including phenoxy) is 3. The number of nitrogens with two attached hydrogens (primary N) is 1. The van der Waals surface area contributed by atoms with Crippen LogP contribution in [0.3, 0.4) is 0 Å². The number of nitrogen functional groups attached to an aromatic ring is 1. The molecule has 1 aliphatic heterocycles. The van der Waals surface area contributed by atoms with Gasteiger partial charge in [-0.15, -0.1) is 0 Å². The molecule has 0 radical (unpaired) electrons. The molecule has 1 aromatic rings. The molecule has 6 heteroatoms. The number of methoxy groups -OCH3 is 1. The number of esters is 1. The molecule has 104 valence electrons. The van der Waals surface area contributed by atoms with E-state index in [0.717, 1.165) is 26.1 Å². The first kappa shape index (κ1) is 13.6. The van der Waals surface area contributed by atoms with Crippen LogP contribution < -0.4 is 10.5 Å². The highest BCUT2D eigenvalue weighted by molar-refractivity contribution is 5.92. The summed E-state index contributed by atoms with van der Waals surface area (Å²) in [5, 5.41) is 0. The van der Waals surface area contributed by atoms with Crippen molar-refractivity contribution in [2.75, 3.05) is 32.7 Å². The number of anilines is 1. The fourth-order valence-corrected chi connectivity index (χ4v) is 1.95. The van der Waals surface area contributed by atoms with Crippen LogP contribution in [0.4, 0.5) is 5.69 Å². The molecule has 6 nitrogen and oxygen atoms in total. The molecule has 2 heterocycles. The van der Waals surface area contributed by atoms with Crippen molar-refractivity contribution in [3.8, 4) is 5.88 Å². The van der Waals surface area contributed by atoms with Gasteiger partial charge in [0.15, 0.2) is 0 Å². The van der Waals surface area contributed by atoms with Gasteiger partial charge in [0.1, 0.15) is 5.56 Å². The van der Waals surface area contributed by atoms with Crippen LogP contribution in [0.25, 0.3) is 0 Å². The molecule has 1 fully saturated rings. The number of pyridine rings is 1. The van der Waals surface area contributed by atoms with E-state index >= 15 is 0 Å². The summed E-state index contributed by atoms with van der Waals surface area (Å²) < 4.78 is 15.6. The molecule has 1 aliphatic rings. The largest absolute Gasteiger partial charge is 0.477 e. The topological polar surface area (TPSA) is 83.7 Å². The van der Waals surface area contributed by atoms with Crippen LogP contribution in [0.15, 0.2) is 12.3 Å². The third-order valence-electron chi connectivity index (χ3n) is 3.07. The smallest absolute Gasteiger partial charge is 0.343 e. The van der Waals surface area contributed by atoms with Crippen molar-refractivity contribution in [3.63, 3.8) is 0 Å². The maximum absolute atomic E-state index is 11.6. The van der Waals surface area contributed by atoms with Crippen molar-refractivity contribution in [1.29, 1.82) is 0 Å². The molecule has 0 aliphatic carbocycles. The van der Waals surface area contributed by atoms with Crippen molar-refractivity contribution in [2.24, 2.45) is 5.92 Å². The minimum atomic E-state index is -0.498. The van der Waals surface area contributed by atoms with Crippen molar-refractivity contribution in [2.45, 2.75) is 12.8 Å². The Morgan fingerprint density at radius 2 is 2.26 bits per heavy atom. The molecule has 0 amide bonds. The average molecular weight is 266 g/mol. The molecular formula is C13H18N2O4. The molecule has 1 aromatic heterocycles. The van der Waals surface area contributed by atoms with E-state index < -0.39 is 5.97 Å². The Morgan fingerprint density at radius 1 is 1.53 bits per heavy atom. The van der Waals surface area contributed by atoms with Gasteiger partial charge in [-0.05, 0) is 24.8 Å². The fraction of sp³-hybridized carbons (Fsp3) is 0.538. The molecule has 0 atom stereocenters. The van der Waals surface area contributed by atoms with Crippen LogP contribution in [0.5, 0.6) is 5.88 Å². The number of nitrogens with zero attached hydrogens (tertiary/aromatic N) is 1. The molecule has 19 heavy (non-hydrogen) atoms. The maximum Gasteiger partial charge on any atom is 0.343 e. The fourth-order valence-electron chi connectivity index (χ4n) is 1.95. The van der Waals surface area contributed by atoms with Gasteiger partial charge in [0.2, 0.25) is 5.88 Å². The number of hydrogen-bond donors (Lipinski definition) is 1. The van der Waals surface area contributed by atoms with E-state index in [1.54, 1.807) is 0 Å². The molecule has 1 saturated heterocycles. The molecule has 0 spiro atoms. The van der Waals surface area contributed by atoms with Gasteiger partial charge < -0.3 is 19.9 Å². The van der Waals surface area contributed by atoms with E-state index in [1.165, 1.54) is 19.4 Å². The van der Waals surface area contributed by atoms with E-state index in [-0.39, 0.29) is 11.4 Å². The SMILES string of the molecule is COC(=O)c1cc(N)cnc1OCC1CCOCC1. The monoisotopic (exact) mass is 266 g/mol. The van der Waals surface area contributed by atoms with Crippen molar-refractivity contribution in [1.82, 2.24) is 4.98 Å². The second-order valence-electron chi connectivity index (χ2n) is 4.48. The third-order valence-corrected chi connectivity index (χ3v) is 3.07. The first-order chi connectivity index (χ1) is 9.20. The second-order valence-corrected chi connectivity index (χ2v) is 4.48. The summed E-state index contributed by atoms with van der Waals surface area (Å²) in [6.07, 6.45) is 3.39. The van der Waals surface area contributed by atoms with Crippen molar-refractivity contribution < 1.29 is 19.0 Å². The Morgan fingerprint density at radius 3 is 2.95 bits per heavy atom. The molecule has 2 rings (SSSR count). The van der Waals surface area contributed by atoms with Gasteiger partial charge in [-0.25, -0.2) is 9.78 Å². The zero-order valence-electron chi connectivity index (χ0n) is 10.9. The normalized spacial score (nSPS) is 16.1. The van der Waals surface area contributed by atoms with Crippen molar-refractivity contribution in [3.05, 3.63) is 17.8 Å². The summed E-state index contributed by atoms with van der Waals surface area (Å²) in [6, 6.07) is 1.51. The Bertz CT molecular complexity index is 444. The maximum atomic E-state index is 11.6. The highest BCUT2D eigenvalue weighted by Gasteiger charge is 2.18. The van der Waals surface area contributed by atoms with Crippen LogP contribution in [-0.4, -0.2) is 37.9 Å². The minimum Gasteiger partial charge on any atom is -0.477 e. The molecule has 0 saturated carbocycles. The lowest BCUT2D eigenvalue weighted by Gasteiger charge is -2.22. The molecule has 0 unspecified atom stereocenters. The zero-order valence-corrected chi connectivity index (χ0v) is 10.9. The first-order valence-electron chi connectivity index (χ1n) is 6.25.